The normalized spacial score (nSPS) is 16.3. The van der Waals surface area contributed by atoms with Crippen LogP contribution in [0.3, 0.4) is 0 Å². The molecule has 0 aromatic heterocycles. The topological polar surface area (TPSA) is 0 Å². The molecule has 104 valence electrons. The van der Waals surface area contributed by atoms with Crippen molar-refractivity contribution < 1.29 is 0 Å². The van der Waals surface area contributed by atoms with E-state index in [1.54, 1.807) is 0 Å². The smallest absolute Gasteiger partial charge is 0.00446 e. The summed E-state index contributed by atoms with van der Waals surface area (Å²) in [6, 6.07) is 15.6. The summed E-state index contributed by atoms with van der Waals surface area (Å²) in [5.41, 5.74) is 7.48. The Balaban J connectivity index is 1.87. The lowest BCUT2D eigenvalue weighted by atomic mass is 9.71. The number of fused-ring (bicyclic) bond motifs is 3. The average molecular weight is 272 g/mol. The number of allylic oxidation sites excluding steroid dienone is 4. The Labute approximate surface area is 126 Å². The lowest BCUT2D eigenvalue weighted by Gasteiger charge is -2.32. The van der Waals surface area contributed by atoms with Crippen molar-refractivity contribution in [1.82, 2.24) is 0 Å². The molecule has 0 heterocycles. The molecule has 0 aliphatic heterocycles. The van der Waals surface area contributed by atoms with Crippen LogP contribution in [-0.4, -0.2) is 0 Å². The molecule has 0 spiro atoms. The zero-order valence-electron chi connectivity index (χ0n) is 12.6. The first-order chi connectivity index (χ1) is 10.2. The van der Waals surface area contributed by atoms with Crippen molar-refractivity contribution in [3.05, 3.63) is 83.5 Å². The number of hydrogen-bond donors (Lipinski definition) is 0. The molecule has 0 unspecified atom stereocenters. The molecular formula is C21H20. The Morgan fingerprint density at radius 2 is 1.57 bits per heavy atom. The van der Waals surface area contributed by atoms with Gasteiger partial charge in [0.25, 0.3) is 0 Å². The van der Waals surface area contributed by atoms with Gasteiger partial charge in [0.2, 0.25) is 0 Å². The van der Waals surface area contributed by atoms with Gasteiger partial charge in [0.05, 0.1) is 0 Å². The van der Waals surface area contributed by atoms with Gasteiger partial charge < -0.3 is 0 Å². The summed E-state index contributed by atoms with van der Waals surface area (Å²) in [7, 11) is 0. The third-order valence-electron chi connectivity index (χ3n) is 5.13. The van der Waals surface area contributed by atoms with Crippen LogP contribution in [-0.2, 0) is 11.8 Å². The van der Waals surface area contributed by atoms with Crippen LogP contribution in [0.25, 0.3) is 11.1 Å². The van der Waals surface area contributed by atoms with Gasteiger partial charge in [0.1, 0.15) is 0 Å². The van der Waals surface area contributed by atoms with Gasteiger partial charge in [-0.15, -0.1) is 0 Å². The summed E-state index contributed by atoms with van der Waals surface area (Å²) in [6.45, 7) is 4.74. The van der Waals surface area contributed by atoms with Crippen LogP contribution in [0.1, 0.15) is 30.5 Å². The highest BCUT2D eigenvalue weighted by Crippen LogP contribution is 2.44. The van der Waals surface area contributed by atoms with Crippen molar-refractivity contribution >= 4 is 0 Å². The standard InChI is InChI=1S/C21H20/c1-21(2,16-9-4-5-10-16)20-13-7-12-18-17-11-6-3-8-15(17)14-19(18)20/h3-13,16H,14H2,1-2H3. The molecule has 0 bridgehead atoms. The maximum Gasteiger partial charge on any atom is 0.00446 e. The third-order valence-corrected chi connectivity index (χ3v) is 5.13. The first-order valence-electron chi connectivity index (χ1n) is 7.73. The summed E-state index contributed by atoms with van der Waals surface area (Å²) in [5.74, 6) is 0.493. The quantitative estimate of drug-likeness (QED) is 0.595. The van der Waals surface area contributed by atoms with E-state index in [-0.39, 0.29) is 5.41 Å². The van der Waals surface area contributed by atoms with Gasteiger partial charge in [-0.2, -0.15) is 0 Å². The van der Waals surface area contributed by atoms with Crippen molar-refractivity contribution in [3.8, 4) is 11.1 Å². The highest BCUT2D eigenvalue weighted by atomic mass is 14.4. The van der Waals surface area contributed by atoms with E-state index in [0.29, 0.717) is 5.92 Å². The predicted octanol–water partition coefficient (Wildman–Crippen LogP) is 5.28. The van der Waals surface area contributed by atoms with Gasteiger partial charge in [-0.05, 0) is 39.7 Å². The Kier molecular flexibility index (Phi) is 2.68. The van der Waals surface area contributed by atoms with Crippen LogP contribution in [0.5, 0.6) is 0 Å². The molecule has 0 radical (unpaired) electrons. The summed E-state index contributed by atoms with van der Waals surface area (Å²) in [6.07, 6.45) is 10.1. The summed E-state index contributed by atoms with van der Waals surface area (Å²) < 4.78 is 0. The molecule has 0 N–H and O–H groups in total. The van der Waals surface area contributed by atoms with Gasteiger partial charge in [-0.1, -0.05) is 80.6 Å². The lowest BCUT2D eigenvalue weighted by Crippen LogP contribution is -2.26. The number of rotatable bonds is 2. The van der Waals surface area contributed by atoms with Gasteiger partial charge in [-0.3, -0.25) is 0 Å². The van der Waals surface area contributed by atoms with Crippen molar-refractivity contribution in [2.45, 2.75) is 25.7 Å². The molecule has 0 nitrogen and oxygen atoms in total. The Morgan fingerprint density at radius 1 is 0.857 bits per heavy atom. The molecule has 2 aliphatic carbocycles. The molecule has 21 heavy (non-hydrogen) atoms. The van der Waals surface area contributed by atoms with Crippen LogP contribution < -0.4 is 0 Å². The van der Waals surface area contributed by atoms with E-state index in [4.69, 9.17) is 0 Å². The van der Waals surface area contributed by atoms with Crippen molar-refractivity contribution in [3.63, 3.8) is 0 Å². The molecule has 2 aliphatic rings. The molecular weight excluding hydrogens is 252 g/mol. The van der Waals surface area contributed by atoms with Gasteiger partial charge in [-0.25, -0.2) is 0 Å². The van der Waals surface area contributed by atoms with E-state index in [0.717, 1.165) is 6.42 Å². The minimum absolute atomic E-state index is 0.136. The zero-order chi connectivity index (χ0) is 14.4. The van der Waals surface area contributed by atoms with E-state index in [1.165, 1.54) is 27.8 Å². The fourth-order valence-electron chi connectivity index (χ4n) is 3.85. The van der Waals surface area contributed by atoms with E-state index in [1.807, 2.05) is 0 Å². The fourth-order valence-corrected chi connectivity index (χ4v) is 3.85. The minimum atomic E-state index is 0.136. The van der Waals surface area contributed by atoms with E-state index in [2.05, 4.69) is 80.6 Å². The van der Waals surface area contributed by atoms with Crippen LogP contribution in [0.2, 0.25) is 0 Å². The largest absolute Gasteiger partial charge is 0.0768 e. The summed E-state index contributed by atoms with van der Waals surface area (Å²) in [5, 5.41) is 0. The first-order valence-corrected chi connectivity index (χ1v) is 7.73. The van der Waals surface area contributed by atoms with Gasteiger partial charge >= 0.3 is 0 Å². The Morgan fingerprint density at radius 3 is 2.38 bits per heavy atom. The molecule has 0 saturated heterocycles. The third kappa shape index (κ3) is 1.82. The van der Waals surface area contributed by atoms with Crippen LogP contribution in [0, 0.1) is 5.92 Å². The Bertz CT molecular complexity index is 747. The van der Waals surface area contributed by atoms with E-state index >= 15 is 0 Å². The fraction of sp³-hybridized carbons (Fsp3) is 0.238. The molecule has 0 saturated carbocycles. The maximum absolute atomic E-state index is 2.37. The Hall–Kier alpha value is -2.08. The molecule has 4 rings (SSSR count). The second-order valence-corrected chi connectivity index (χ2v) is 6.68. The first kappa shape index (κ1) is 12.6. The maximum atomic E-state index is 2.37. The van der Waals surface area contributed by atoms with Crippen LogP contribution in [0.4, 0.5) is 0 Å². The highest BCUT2D eigenvalue weighted by molar-refractivity contribution is 5.78. The highest BCUT2D eigenvalue weighted by Gasteiger charge is 2.33. The number of benzene rings is 2. The second-order valence-electron chi connectivity index (χ2n) is 6.68. The number of hydrogen-bond acceptors (Lipinski definition) is 0. The monoisotopic (exact) mass is 272 g/mol. The molecule has 2 aromatic rings. The molecule has 0 fully saturated rings. The SMILES string of the molecule is CC(C)(c1cccc2c1Cc1ccccc1-2)C1C=CC=C1. The van der Waals surface area contributed by atoms with Gasteiger partial charge in [0, 0.05) is 5.92 Å². The van der Waals surface area contributed by atoms with Crippen molar-refractivity contribution in [2.75, 3.05) is 0 Å². The second kappa shape index (κ2) is 4.46. The van der Waals surface area contributed by atoms with Crippen molar-refractivity contribution in [2.24, 2.45) is 5.92 Å². The van der Waals surface area contributed by atoms with E-state index in [9.17, 15) is 0 Å². The summed E-state index contributed by atoms with van der Waals surface area (Å²) in [4.78, 5) is 0. The lowest BCUT2D eigenvalue weighted by molar-refractivity contribution is 0.445. The van der Waals surface area contributed by atoms with E-state index < -0.39 is 0 Å². The predicted molar refractivity (Wildman–Crippen MR) is 89.5 cm³/mol. The molecule has 2 aromatic carbocycles. The summed E-state index contributed by atoms with van der Waals surface area (Å²) >= 11 is 0. The zero-order valence-corrected chi connectivity index (χ0v) is 12.6. The molecule has 0 atom stereocenters. The molecule has 0 heteroatoms. The average Bonchev–Trinajstić information content (AvgIpc) is 3.14. The molecule has 0 amide bonds. The van der Waals surface area contributed by atoms with Gasteiger partial charge in [0.15, 0.2) is 0 Å². The van der Waals surface area contributed by atoms with Crippen LogP contribution >= 0.6 is 0 Å². The van der Waals surface area contributed by atoms with Crippen molar-refractivity contribution in [1.29, 1.82) is 0 Å². The minimum Gasteiger partial charge on any atom is -0.0768 e. The van der Waals surface area contributed by atoms with Crippen LogP contribution in [0.15, 0.2) is 66.8 Å².